The largest absolute Gasteiger partial charge is 0.494 e. The van der Waals surface area contributed by atoms with E-state index in [2.05, 4.69) is 20.8 Å². The summed E-state index contributed by atoms with van der Waals surface area (Å²) in [5.41, 5.74) is 0. The van der Waals surface area contributed by atoms with Crippen molar-refractivity contribution >= 4 is 17.7 Å². The van der Waals surface area contributed by atoms with Crippen LogP contribution >= 0.6 is 11.8 Å². The number of rotatable bonds is 9. The zero-order valence-electron chi connectivity index (χ0n) is 13.6. The third kappa shape index (κ3) is 4.70. The van der Waals surface area contributed by atoms with Crippen molar-refractivity contribution in [3.8, 4) is 5.75 Å². The van der Waals surface area contributed by atoms with Gasteiger partial charge in [0.2, 0.25) is 11.1 Å². The van der Waals surface area contributed by atoms with Gasteiger partial charge in [-0.05, 0) is 48.7 Å². The summed E-state index contributed by atoms with van der Waals surface area (Å²) in [6, 6.07) is 10.1. The highest BCUT2D eigenvalue weighted by atomic mass is 32.2. The molecule has 1 aromatic carbocycles. The highest BCUT2D eigenvalue weighted by Crippen LogP contribution is 2.37. The van der Waals surface area contributed by atoms with Crippen molar-refractivity contribution in [1.29, 1.82) is 0 Å². The van der Waals surface area contributed by atoms with Crippen LogP contribution in [0, 0.1) is 0 Å². The maximum atomic E-state index is 12.1. The van der Waals surface area contributed by atoms with E-state index in [0.29, 0.717) is 24.3 Å². The Morgan fingerprint density at radius 1 is 1.42 bits per heavy atom. The fourth-order valence-electron chi connectivity index (χ4n) is 2.16. The molecule has 8 heteroatoms. The number of carbonyl (C=O) groups excluding carboxylic acids is 1. The maximum absolute atomic E-state index is 12.1. The lowest BCUT2D eigenvalue weighted by Gasteiger charge is -2.12. The molecule has 0 spiro atoms. The van der Waals surface area contributed by atoms with Crippen LogP contribution in [0.15, 0.2) is 35.5 Å². The van der Waals surface area contributed by atoms with Crippen LogP contribution in [0.25, 0.3) is 0 Å². The summed E-state index contributed by atoms with van der Waals surface area (Å²) in [4.78, 5) is 12.1. The summed E-state index contributed by atoms with van der Waals surface area (Å²) < 4.78 is 7.42. The van der Waals surface area contributed by atoms with Gasteiger partial charge < -0.3 is 10.1 Å². The Kier molecular flexibility index (Phi) is 5.68. The minimum absolute atomic E-state index is 0.00921. The predicted octanol–water partition coefficient (Wildman–Crippen LogP) is 2.07. The van der Waals surface area contributed by atoms with Gasteiger partial charge in [0.05, 0.1) is 17.9 Å². The maximum Gasteiger partial charge on any atom is 0.233 e. The number of para-hydroxylation sites is 1. The van der Waals surface area contributed by atoms with Crippen molar-refractivity contribution in [3.05, 3.63) is 30.3 Å². The first-order valence-electron chi connectivity index (χ1n) is 8.14. The van der Waals surface area contributed by atoms with Crippen LogP contribution in [0.5, 0.6) is 5.75 Å². The molecule has 0 saturated heterocycles. The minimum Gasteiger partial charge on any atom is -0.494 e. The lowest BCUT2D eigenvalue weighted by atomic mass is 10.3. The molecular weight excluding hydrogens is 326 g/mol. The first kappa shape index (κ1) is 16.8. The number of tetrazole rings is 1. The molecule has 1 aliphatic rings. The molecule has 2 aromatic rings. The molecule has 3 rings (SSSR count). The van der Waals surface area contributed by atoms with Crippen LogP contribution in [0.1, 0.15) is 32.2 Å². The van der Waals surface area contributed by atoms with Gasteiger partial charge in [0.15, 0.2) is 0 Å². The van der Waals surface area contributed by atoms with Crippen LogP contribution in [0.3, 0.4) is 0 Å². The van der Waals surface area contributed by atoms with E-state index in [1.165, 1.54) is 11.8 Å². The zero-order chi connectivity index (χ0) is 16.8. The van der Waals surface area contributed by atoms with Crippen molar-refractivity contribution in [2.24, 2.45) is 0 Å². The SMILES string of the molecule is C[C@H](Sc1nnnn1C1CC1)C(=O)NCCCOc1ccccc1. The number of hydrogen-bond acceptors (Lipinski definition) is 6. The summed E-state index contributed by atoms with van der Waals surface area (Å²) in [5, 5.41) is 15.1. The Bertz CT molecular complexity index is 659. The van der Waals surface area contributed by atoms with E-state index >= 15 is 0 Å². The highest BCUT2D eigenvalue weighted by Gasteiger charge is 2.29. The predicted molar refractivity (Wildman–Crippen MR) is 91.0 cm³/mol. The molecule has 1 amide bonds. The molecule has 1 atom stereocenters. The van der Waals surface area contributed by atoms with Gasteiger partial charge in [-0.1, -0.05) is 30.0 Å². The van der Waals surface area contributed by atoms with Gasteiger partial charge in [-0.25, -0.2) is 4.68 Å². The number of ether oxygens (including phenoxy) is 1. The van der Waals surface area contributed by atoms with E-state index in [-0.39, 0.29) is 11.2 Å². The van der Waals surface area contributed by atoms with Crippen LogP contribution in [0.4, 0.5) is 0 Å². The quantitative estimate of drug-likeness (QED) is 0.552. The Balaban J connectivity index is 1.34. The van der Waals surface area contributed by atoms with E-state index in [1.807, 2.05) is 41.9 Å². The van der Waals surface area contributed by atoms with Gasteiger partial charge in [0.1, 0.15) is 5.75 Å². The molecule has 1 aliphatic carbocycles. The zero-order valence-corrected chi connectivity index (χ0v) is 14.4. The average molecular weight is 347 g/mol. The highest BCUT2D eigenvalue weighted by molar-refractivity contribution is 8.00. The van der Waals surface area contributed by atoms with Gasteiger partial charge in [0.25, 0.3) is 0 Å². The second-order valence-corrected chi connectivity index (χ2v) is 7.01. The number of benzene rings is 1. The topological polar surface area (TPSA) is 81.9 Å². The summed E-state index contributed by atoms with van der Waals surface area (Å²) >= 11 is 1.40. The second kappa shape index (κ2) is 8.14. The Labute approximate surface area is 145 Å². The smallest absolute Gasteiger partial charge is 0.233 e. The second-order valence-electron chi connectivity index (χ2n) is 5.70. The number of thioether (sulfide) groups is 1. The van der Waals surface area contributed by atoms with Crippen molar-refractivity contribution in [1.82, 2.24) is 25.5 Å². The summed E-state index contributed by atoms with van der Waals surface area (Å²) in [7, 11) is 0. The molecule has 1 fully saturated rings. The van der Waals surface area contributed by atoms with Gasteiger partial charge in [-0.15, -0.1) is 5.10 Å². The number of nitrogens with zero attached hydrogens (tertiary/aromatic N) is 4. The van der Waals surface area contributed by atoms with E-state index in [1.54, 1.807) is 0 Å². The molecule has 24 heavy (non-hydrogen) atoms. The van der Waals surface area contributed by atoms with Crippen LogP contribution in [-0.4, -0.2) is 44.5 Å². The molecular formula is C16H21N5O2S. The molecule has 1 heterocycles. The molecule has 1 saturated carbocycles. The third-order valence-electron chi connectivity index (χ3n) is 3.64. The van der Waals surface area contributed by atoms with E-state index in [4.69, 9.17) is 4.74 Å². The van der Waals surface area contributed by atoms with Crippen LogP contribution in [-0.2, 0) is 4.79 Å². The monoisotopic (exact) mass is 347 g/mol. The van der Waals surface area contributed by atoms with Gasteiger partial charge in [-0.2, -0.15) is 0 Å². The lowest BCUT2D eigenvalue weighted by Crippen LogP contribution is -2.32. The van der Waals surface area contributed by atoms with Crippen LogP contribution in [0.2, 0.25) is 0 Å². The normalized spacial score (nSPS) is 15.0. The fraction of sp³-hybridized carbons (Fsp3) is 0.500. The first-order valence-corrected chi connectivity index (χ1v) is 9.02. The number of amides is 1. The Morgan fingerprint density at radius 3 is 2.96 bits per heavy atom. The first-order chi connectivity index (χ1) is 11.7. The molecule has 0 radical (unpaired) electrons. The van der Waals surface area contributed by atoms with Gasteiger partial charge in [-0.3, -0.25) is 4.79 Å². The van der Waals surface area contributed by atoms with Crippen LogP contribution < -0.4 is 10.1 Å². The summed E-state index contributed by atoms with van der Waals surface area (Å²) in [5.74, 6) is 0.838. The number of hydrogen-bond donors (Lipinski definition) is 1. The number of carbonyl (C=O) groups is 1. The minimum atomic E-state index is -0.233. The number of aromatic nitrogens is 4. The lowest BCUT2D eigenvalue weighted by molar-refractivity contribution is -0.120. The Morgan fingerprint density at radius 2 is 2.21 bits per heavy atom. The van der Waals surface area contributed by atoms with E-state index < -0.39 is 0 Å². The Hall–Kier alpha value is -2.09. The van der Waals surface area contributed by atoms with Gasteiger partial charge >= 0.3 is 0 Å². The van der Waals surface area contributed by atoms with Crippen molar-refractivity contribution in [2.45, 2.75) is 42.6 Å². The molecule has 1 aromatic heterocycles. The molecule has 1 N–H and O–H groups in total. The fourth-order valence-corrected chi connectivity index (χ4v) is 3.04. The molecule has 0 aliphatic heterocycles. The van der Waals surface area contributed by atoms with Gasteiger partial charge in [0, 0.05) is 6.54 Å². The standard InChI is InChI=1S/C16H21N5O2S/c1-12(24-16-18-19-20-21(16)13-8-9-13)15(22)17-10-5-11-23-14-6-3-2-4-7-14/h2-4,6-7,12-13H,5,8-11H2,1H3,(H,17,22)/t12-/m0/s1. The summed E-state index contributed by atoms with van der Waals surface area (Å²) in [6.45, 7) is 3.03. The van der Waals surface area contributed by atoms with Crippen molar-refractivity contribution in [2.75, 3.05) is 13.2 Å². The van der Waals surface area contributed by atoms with E-state index in [9.17, 15) is 4.79 Å². The molecule has 128 valence electrons. The molecule has 0 unspecified atom stereocenters. The van der Waals surface area contributed by atoms with Crippen molar-refractivity contribution < 1.29 is 9.53 Å². The van der Waals surface area contributed by atoms with Crippen molar-refractivity contribution in [3.63, 3.8) is 0 Å². The molecule has 7 nitrogen and oxygen atoms in total. The molecule has 0 bridgehead atoms. The number of nitrogens with one attached hydrogen (secondary N) is 1. The average Bonchev–Trinajstić information content (AvgIpc) is 3.35. The summed E-state index contributed by atoms with van der Waals surface area (Å²) in [6.07, 6.45) is 2.99. The van der Waals surface area contributed by atoms with E-state index in [0.717, 1.165) is 25.0 Å². The third-order valence-corrected chi connectivity index (χ3v) is 4.69.